The Kier molecular flexibility index (Phi) is 11.9. The summed E-state index contributed by atoms with van der Waals surface area (Å²) in [6.45, 7) is 0.888. The molecule has 4 aromatic rings. The number of nitro groups is 1. The number of aryl methyl sites for hydroxylation is 1. The van der Waals surface area contributed by atoms with Crippen molar-refractivity contribution < 1.29 is 27.7 Å². The molecular formula is C38H42N4O7S. The van der Waals surface area contributed by atoms with Crippen molar-refractivity contribution in [1.29, 1.82) is 0 Å². The summed E-state index contributed by atoms with van der Waals surface area (Å²) in [5.41, 5.74) is 1.68. The summed E-state index contributed by atoms with van der Waals surface area (Å²) < 4.78 is 34.9. The third kappa shape index (κ3) is 8.86. The van der Waals surface area contributed by atoms with Gasteiger partial charge in [-0.15, -0.1) is 0 Å². The molecule has 0 aromatic heterocycles. The second-order valence-corrected chi connectivity index (χ2v) is 14.3. The van der Waals surface area contributed by atoms with E-state index in [1.54, 1.807) is 12.1 Å². The van der Waals surface area contributed by atoms with E-state index in [9.17, 15) is 28.1 Å². The maximum Gasteiger partial charge on any atom is 0.273 e. The minimum atomic E-state index is -4.54. The Balaban J connectivity index is 1.58. The van der Waals surface area contributed by atoms with Gasteiger partial charge in [-0.1, -0.05) is 86.0 Å². The van der Waals surface area contributed by atoms with Gasteiger partial charge in [-0.05, 0) is 61.2 Å². The van der Waals surface area contributed by atoms with Gasteiger partial charge in [-0.25, -0.2) is 8.42 Å². The minimum Gasteiger partial charge on any atom is -0.497 e. The highest BCUT2D eigenvalue weighted by atomic mass is 32.2. The van der Waals surface area contributed by atoms with Gasteiger partial charge >= 0.3 is 0 Å². The average molecular weight is 699 g/mol. The highest BCUT2D eigenvalue weighted by Gasteiger charge is 2.36. The molecule has 4 aromatic carbocycles. The molecule has 1 aliphatic carbocycles. The van der Waals surface area contributed by atoms with Crippen molar-refractivity contribution in [2.24, 2.45) is 0 Å². The lowest BCUT2D eigenvalue weighted by Gasteiger charge is -2.35. The standard InChI is InChI=1S/C38H42N4O7S/c1-28-18-23-34(25-35(28)42(45)46)50(47,48)41(32-19-21-33(49-2)22-20-32)27-37(43)40(26-30-14-8-4-9-15-30)36(24-29-12-6-3-7-13-29)38(44)39-31-16-10-5-11-17-31/h3-4,6-9,12-15,18-23,25,31,36H,5,10-11,16-17,24,26-27H2,1-2H3,(H,39,44)/t36-/m1/s1. The summed E-state index contributed by atoms with van der Waals surface area (Å²) in [5, 5.41) is 15.0. The molecule has 1 atom stereocenters. The predicted molar refractivity (Wildman–Crippen MR) is 191 cm³/mol. The third-order valence-corrected chi connectivity index (χ3v) is 10.8. The molecule has 0 saturated heterocycles. The SMILES string of the molecule is COc1ccc(N(CC(=O)N(Cc2ccccc2)[C@H](Cc2ccccc2)C(=O)NC2CCCCC2)S(=O)(=O)c2ccc(C)c([N+](=O)[O-])c2)cc1. The van der Waals surface area contributed by atoms with E-state index in [-0.39, 0.29) is 41.2 Å². The molecule has 1 aliphatic rings. The molecule has 0 aliphatic heterocycles. The van der Waals surface area contributed by atoms with Crippen molar-refractivity contribution in [2.45, 2.75) is 69.0 Å². The number of sulfonamides is 1. The first-order valence-corrected chi connectivity index (χ1v) is 18.1. The van der Waals surface area contributed by atoms with E-state index >= 15 is 0 Å². The second kappa shape index (κ2) is 16.4. The van der Waals surface area contributed by atoms with Crippen LogP contribution in [0.5, 0.6) is 5.75 Å². The summed E-state index contributed by atoms with van der Waals surface area (Å²) in [4.78, 5) is 41.1. The Bertz CT molecular complexity index is 1880. The summed E-state index contributed by atoms with van der Waals surface area (Å²) >= 11 is 0. The molecular weight excluding hydrogens is 657 g/mol. The molecule has 0 spiro atoms. The quantitative estimate of drug-likeness (QED) is 0.122. The maximum absolute atomic E-state index is 14.7. The zero-order chi connectivity index (χ0) is 35.7. The molecule has 11 nitrogen and oxygen atoms in total. The number of ether oxygens (including phenoxy) is 1. The fourth-order valence-electron chi connectivity index (χ4n) is 6.23. The van der Waals surface area contributed by atoms with Crippen LogP contribution in [0, 0.1) is 17.0 Å². The van der Waals surface area contributed by atoms with E-state index in [2.05, 4.69) is 5.32 Å². The number of nitrogens with one attached hydrogen (secondary N) is 1. The minimum absolute atomic E-state index is 0.0169. The molecule has 0 heterocycles. The fraction of sp³-hybridized carbons (Fsp3) is 0.316. The van der Waals surface area contributed by atoms with E-state index in [0.29, 0.717) is 11.3 Å². The van der Waals surface area contributed by atoms with Gasteiger partial charge in [0.2, 0.25) is 11.8 Å². The monoisotopic (exact) mass is 698 g/mol. The topological polar surface area (TPSA) is 139 Å². The van der Waals surface area contributed by atoms with E-state index in [1.807, 2.05) is 60.7 Å². The summed E-state index contributed by atoms with van der Waals surface area (Å²) in [5.74, 6) is -0.455. The van der Waals surface area contributed by atoms with Gasteiger partial charge in [0, 0.05) is 30.6 Å². The van der Waals surface area contributed by atoms with Crippen LogP contribution >= 0.6 is 0 Å². The van der Waals surface area contributed by atoms with Crippen LogP contribution in [0.3, 0.4) is 0 Å². The molecule has 2 amide bonds. The number of methoxy groups -OCH3 is 1. The molecule has 0 unspecified atom stereocenters. The van der Waals surface area contributed by atoms with Crippen LogP contribution in [0.4, 0.5) is 11.4 Å². The lowest BCUT2D eigenvalue weighted by atomic mass is 9.94. The van der Waals surface area contributed by atoms with Crippen molar-refractivity contribution in [3.8, 4) is 5.75 Å². The van der Waals surface area contributed by atoms with Gasteiger partial charge in [0.25, 0.3) is 15.7 Å². The number of amides is 2. The van der Waals surface area contributed by atoms with Crippen molar-refractivity contribution in [3.63, 3.8) is 0 Å². The number of hydrogen-bond acceptors (Lipinski definition) is 7. The Morgan fingerprint density at radius 1 is 0.900 bits per heavy atom. The number of nitro benzene ring substituents is 1. The van der Waals surface area contributed by atoms with E-state index in [4.69, 9.17) is 4.74 Å². The molecule has 262 valence electrons. The molecule has 50 heavy (non-hydrogen) atoms. The first-order chi connectivity index (χ1) is 24.1. The molecule has 0 bridgehead atoms. The van der Waals surface area contributed by atoms with Gasteiger partial charge in [0.05, 0.1) is 22.6 Å². The molecule has 1 fully saturated rings. The summed E-state index contributed by atoms with van der Waals surface area (Å²) in [7, 11) is -3.06. The van der Waals surface area contributed by atoms with Gasteiger partial charge in [0.15, 0.2) is 0 Å². The van der Waals surface area contributed by atoms with Crippen LogP contribution in [-0.2, 0) is 32.6 Å². The first-order valence-electron chi connectivity index (χ1n) is 16.7. The van der Waals surface area contributed by atoms with E-state index in [1.165, 1.54) is 43.2 Å². The number of nitrogens with zero attached hydrogens (tertiary/aromatic N) is 3. The molecule has 0 radical (unpaired) electrons. The number of benzene rings is 4. The zero-order valence-electron chi connectivity index (χ0n) is 28.2. The highest BCUT2D eigenvalue weighted by molar-refractivity contribution is 7.92. The lowest BCUT2D eigenvalue weighted by molar-refractivity contribution is -0.385. The van der Waals surface area contributed by atoms with Crippen LogP contribution in [0.15, 0.2) is 108 Å². The first kappa shape index (κ1) is 36.1. The van der Waals surface area contributed by atoms with Crippen molar-refractivity contribution in [3.05, 3.63) is 130 Å². The van der Waals surface area contributed by atoms with Gasteiger partial charge in [0.1, 0.15) is 18.3 Å². The normalized spacial score (nSPS) is 14.0. The lowest BCUT2D eigenvalue weighted by Crippen LogP contribution is -2.55. The predicted octanol–water partition coefficient (Wildman–Crippen LogP) is 6.20. The molecule has 5 rings (SSSR count). The number of anilines is 1. The fourth-order valence-corrected chi connectivity index (χ4v) is 7.66. The van der Waals surface area contributed by atoms with E-state index in [0.717, 1.165) is 53.6 Å². The zero-order valence-corrected chi connectivity index (χ0v) is 29.1. The largest absolute Gasteiger partial charge is 0.497 e. The number of carbonyl (C=O) groups is 2. The summed E-state index contributed by atoms with van der Waals surface area (Å²) in [6, 6.07) is 27.4. The van der Waals surface area contributed by atoms with Gasteiger partial charge in [-0.2, -0.15) is 0 Å². The second-order valence-electron chi connectivity index (χ2n) is 12.5. The number of hydrogen-bond donors (Lipinski definition) is 1. The maximum atomic E-state index is 14.7. The van der Waals surface area contributed by atoms with Crippen LogP contribution < -0.4 is 14.4 Å². The third-order valence-electron chi connectivity index (χ3n) is 9.02. The van der Waals surface area contributed by atoms with Crippen LogP contribution in [0.2, 0.25) is 0 Å². The van der Waals surface area contributed by atoms with Crippen LogP contribution in [-0.4, -0.2) is 55.8 Å². The molecule has 1 N–H and O–H groups in total. The average Bonchev–Trinajstić information content (AvgIpc) is 3.13. The van der Waals surface area contributed by atoms with Crippen molar-refractivity contribution >= 4 is 33.2 Å². The Morgan fingerprint density at radius 3 is 2.12 bits per heavy atom. The highest BCUT2D eigenvalue weighted by Crippen LogP contribution is 2.30. The summed E-state index contributed by atoms with van der Waals surface area (Å²) in [6.07, 6.45) is 5.03. The molecule has 12 heteroatoms. The smallest absolute Gasteiger partial charge is 0.273 e. The van der Waals surface area contributed by atoms with Crippen LogP contribution in [0.1, 0.15) is 48.8 Å². The van der Waals surface area contributed by atoms with Crippen molar-refractivity contribution in [1.82, 2.24) is 10.2 Å². The Labute approximate surface area is 293 Å². The van der Waals surface area contributed by atoms with Crippen LogP contribution in [0.25, 0.3) is 0 Å². The number of rotatable bonds is 14. The van der Waals surface area contributed by atoms with Crippen molar-refractivity contribution in [2.75, 3.05) is 18.0 Å². The molecule has 1 saturated carbocycles. The van der Waals surface area contributed by atoms with E-state index < -0.39 is 33.4 Å². The van der Waals surface area contributed by atoms with Gasteiger partial charge in [-0.3, -0.25) is 24.0 Å². The van der Waals surface area contributed by atoms with Gasteiger partial charge < -0.3 is 15.0 Å². The Hall–Kier alpha value is -5.23. The Morgan fingerprint density at radius 2 is 1.52 bits per heavy atom. The number of carbonyl (C=O) groups excluding carboxylic acids is 2.